The number of fused-ring (bicyclic) bond motifs is 1. The van der Waals surface area contributed by atoms with Crippen LogP contribution in [0, 0.1) is 6.92 Å². The first-order valence-corrected chi connectivity index (χ1v) is 8.59. The van der Waals surface area contributed by atoms with Crippen LogP contribution < -0.4 is 5.56 Å². The highest BCUT2D eigenvalue weighted by atomic mass is 35.5. The molecule has 2 aromatic heterocycles. The molecule has 6 nitrogen and oxygen atoms in total. The number of hydrogen-bond acceptors (Lipinski definition) is 5. The van der Waals surface area contributed by atoms with Gasteiger partial charge in [-0.25, -0.2) is 0 Å². The van der Waals surface area contributed by atoms with E-state index in [1.165, 1.54) is 0 Å². The molecule has 0 bridgehead atoms. The third-order valence-corrected chi connectivity index (χ3v) is 4.67. The zero-order valence-electron chi connectivity index (χ0n) is 14.1. The first-order valence-electron chi connectivity index (χ1n) is 8.21. The van der Waals surface area contributed by atoms with Crippen molar-refractivity contribution in [2.45, 2.75) is 20.0 Å². The second kappa shape index (κ2) is 6.90. The fraction of sp³-hybridized carbons (Fsp3) is 0.211. The zero-order chi connectivity index (χ0) is 18.1. The Morgan fingerprint density at radius 1 is 1.27 bits per heavy atom. The Hall–Kier alpha value is -2.70. The molecule has 0 saturated carbocycles. The van der Waals surface area contributed by atoms with E-state index in [1.54, 1.807) is 12.1 Å². The molecule has 0 radical (unpaired) electrons. The van der Waals surface area contributed by atoms with Crippen molar-refractivity contribution in [1.82, 2.24) is 15.1 Å². The van der Waals surface area contributed by atoms with E-state index in [0.717, 1.165) is 22.4 Å². The normalized spacial score (nSPS) is 13.9. The summed E-state index contributed by atoms with van der Waals surface area (Å²) in [5.74, 6) is 0.561. The van der Waals surface area contributed by atoms with Crippen molar-refractivity contribution >= 4 is 23.8 Å². The lowest BCUT2D eigenvalue weighted by Gasteiger charge is -2.15. The molecule has 0 saturated heterocycles. The fourth-order valence-electron chi connectivity index (χ4n) is 2.78. The van der Waals surface area contributed by atoms with Gasteiger partial charge < -0.3 is 14.2 Å². The fourth-order valence-corrected chi connectivity index (χ4v) is 2.97. The summed E-state index contributed by atoms with van der Waals surface area (Å²) >= 11 is 6.12. The number of aromatic amines is 1. The summed E-state index contributed by atoms with van der Waals surface area (Å²) in [7, 11) is 0. The topological polar surface area (TPSA) is 81.0 Å². The number of H-pyrrole nitrogens is 1. The quantitative estimate of drug-likeness (QED) is 0.762. The van der Waals surface area contributed by atoms with Gasteiger partial charge in [-0.15, -0.1) is 0 Å². The minimum Gasteiger partial charge on any atom is -0.376 e. The van der Waals surface area contributed by atoms with E-state index in [-0.39, 0.29) is 11.4 Å². The average molecular weight is 370 g/mol. The minimum atomic E-state index is -0.229. The molecule has 1 aliphatic rings. The van der Waals surface area contributed by atoms with Gasteiger partial charge in [-0.05, 0) is 41.8 Å². The number of pyridine rings is 1. The maximum absolute atomic E-state index is 12.3. The van der Waals surface area contributed by atoms with E-state index >= 15 is 0 Å². The van der Waals surface area contributed by atoms with E-state index in [1.807, 2.05) is 31.2 Å². The molecule has 7 heteroatoms. The maximum Gasteiger partial charge on any atom is 0.259 e. The average Bonchev–Trinajstić information content (AvgIpc) is 3.11. The highest BCUT2D eigenvalue weighted by molar-refractivity contribution is 6.31. The predicted octanol–water partition coefficient (Wildman–Crippen LogP) is 3.63. The molecule has 0 fully saturated rings. The van der Waals surface area contributed by atoms with Crippen molar-refractivity contribution in [3.8, 4) is 11.4 Å². The van der Waals surface area contributed by atoms with Crippen LogP contribution in [0.5, 0.6) is 0 Å². The maximum atomic E-state index is 12.3. The number of rotatable bonds is 3. The largest absolute Gasteiger partial charge is 0.376 e. The first kappa shape index (κ1) is 16.8. The van der Waals surface area contributed by atoms with Crippen LogP contribution in [-0.4, -0.2) is 21.7 Å². The Balaban J connectivity index is 1.61. The van der Waals surface area contributed by atoms with Crippen LogP contribution in [0.3, 0.4) is 0 Å². The number of hydrogen-bond donors (Lipinski definition) is 1. The first-order chi connectivity index (χ1) is 12.6. The number of aryl methyl sites for hydroxylation is 1. The molecule has 26 heavy (non-hydrogen) atoms. The van der Waals surface area contributed by atoms with Crippen molar-refractivity contribution in [1.29, 1.82) is 0 Å². The molecular weight excluding hydrogens is 354 g/mol. The summed E-state index contributed by atoms with van der Waals surface area (Å²) in [5, 5.41) is 4.61. The summed E-state index contributed by atoms with van der Waals surface area (Å²) in [5.41, 5.74) is 3.93. The number of aromatic nitrogens is 3. The molecule has 0 spiro atoms. The van der Waals surface area contributed by atoms with Gasteiger partial charge in [-0.2, -0.15) is 4.98 Å². The monoisotopic (exact) mass is 369 g/mol. The van der Waals surface area contributed by atoms with Gasteiger partial charge in [-0.1, -0.05) is 28.9 Å². The molecule has 0 unspecified atom stereocenters. The van der Waals surface area contributed by atoms with Gasteiger partial charge in [0.1, 0.15) is 0 Å². The SMILES string of the molecule is Cc1ccc(/C=C/c2nc(-c3cc4c([nH]c3=O)CCOC4)no2)cc1Cl. The van der Waals surface area contributed by atoms with E-state index in [2.05, 4.69) is 15.1 Å². The molecule has 1 aromatic carbocycles. The van der Waals surface area contributed by atoms with E-state index in [4.69, 9.17) is 20.9 Å². The van der Waals surface area contributed by atoms with Crippen LogP contribution in [0.4, 0.5) is 0 Å². The molecular formula is C19H16ClN3O3. The molecule has 0 aliphatic carbocycles. The van der Waals surface area contributed by atoms with Crippen molar-refractivity contribution in [2.24, 2.45) is 0 Å². The molecule has 3 heterocycles. The summed E-state index contributed by atoms with van der Waals surface area (Å²) in [4.78, 5) is 19.5. The number of benzene rings is 1. The molecule has 4 rings (SSSR count). The third kappa shape index (κ3) is 3.34. The van der Waals surface area contributed by atoms with Gasteiger partial charge in [0.05, 0.1) is 18.8 Å². The Kier molecular flexibility index (Phi) is 4.44. The van der Waals surface area contributed by atoms with Crippen LogP contribution >= 0.6 is 11.6 Å². The number of nitrogens with one attached hydrogen (secondary N) is 1. The standard InChI is InChI=1S/C19H16ClN3O3/c1-11-2-3-12(8-15(11)20)4-5-17-22-18(23-26-17)14-9-13-10-25-7-6-16(13)21-19(14)24/h2-5,8-9H,6-7,10H2,1H3,(H,21,24)/b5-4+. The van der Waals surface area contributed by atoms with Crippen LogP contribution in [-0.2, 0) is 17.8 Å². The molecule has 0 atom stereocenters. The second-order valence-electron chi connectivity index (χ2n) is 6.12. The van der Waals surface area contributed by atoms with E-state index in [0.29, 0.717) is 36.1 Å². The molecule has 0 amide bonds. The third-order valence-electron chi connectivity index (χ3n) is 4.27. The lowest BCUT2D eigenvalue weighted by molar-refractivity contribution is 0.109. The van der Waals surface area contributed by atoms with Crippen molar-refractivity contribution in [3.63, 3.8) is 0 Å². The summed E-state index contributed by atoms with van der Waals surface area (Å²) < 4.78 is 10.7. The smallest absolute Gasteiger partial charge is 0.259 e. The molecule has 132 valence electrons. The molecule has 3 aromatic rings. The highest BCUT2D eigenvalue weighted by Crippen LogP contribution is 2.20. The zero-order valence-corrected chi connectivity index (χ0v) is 14.8. The summed E-state index contributed by atoms with van der Waals surface area (Å²) in [6.07, 6.45) is 4.21. The van der Waals surface area contributed by atoms with Gasteiger partial charge in [0.2, 0.25) is 5.82 Å². The van der Waals surface area contributed by atoms with E-state index < -0.39 is 0 Å². The lowest BCUT2D eigenvalue weighted by Crippen LogP contribution is -2.19. The Bertz CT molecular complexity index is 1050. The molecule has 1 N–H and O–H groups in total. The van der Waals surface area contributed by atoms with Crippen LogP contribution in [0.2, 0.25) is 5.02 Å². The summed E-state index contributed by atoms with van der Waals surface area (Å²) in [6, 6.07) is 7.52. The van der Waals surface area contributed by atoms with Gasteiger partial charge in [0.25, 0.3) is 11.4 Å². The van der Waals surface area contributed by atoms with E-state index in [9.17, 15) is 4.79 Å². The van der Waals surface area contributed by atoms with Crippen molar-refractivity contribution in [2.75, 3.05) is 6.61 Å². The number of ether oxygens (including phenoxy) is 1. The Labute approximate surface area is 154 Å². The van der Waals surface area contributed by atoms with Crippen molar-refractivity contribution < 1.29 is 9.26 Å². The lowest BCUT2D eigenvalue weighted by atomic mass is 10.1. The van der Waals surface area contributed by atoms with Gasteiger partial charge >= 0.3 is 0 Å². The predicted molar refractivity (Wildman–Crippen MR) is 98.8 cm³/mol. The Morgan fingerprint density at radius 2 is 2.15 bits per heavy atom. The highest BCUT2D eigenvalue weighted by Gasteiger charge is 2.17. The summed E-state index contributed by atoms with van der Waals surface area (Å²) in [6.45, 7) is 3.03. The number of halogens is 1. The van der Waals surface area contributed by atoms with Crippen LogP contribution in [0.1, 0.15) is 28.3 Å². The van der Waals surface area contributed by atoms with Crippen molar-refractivity contribution in [3.05, 3.63) is 67.9 Å². The molecule has 1 aliphatic heterocycles. The Morgan fingerprint density at radius 3 is 3.00 bits per heavy atom. The van der Waals surface area contributed by atoms with Gasteiger partial charge in [0.15, 0.2) is 0 Å². The second-order valence-corrected chi connectivity index (χ2v) is 6.52. The van der Waals surface area contributed by atoms with Gasteiger partial charge in [0, 0.05) is 23.2 Å². The van der Waals surface area contributed by atoms with Crippen LogP contribution in [0.15, 0.2) is 33.6 Å². The minimum absolute atomic E-state index is 0.229. The van der Waals surface area contributed by atoms with Gasteiger partial charge in [-0.3, -0.25) is 4.79 Å². The number of nitrogens with zero attached hydrogens (tertiary/aromatic N) is 2. The van der Waals surface area contributed by atoms with Crippen LogP contribution in [0.25, 0.3) is 23.5 Å².